The summed E-state index contributed by atoms with van der Waals surface area (Å²) in [6.45, 7) is 4.43. The van der Waals surface area contributed by atoms with E-state index in [0.29, 0.717) is 18.2 Å². The van der Waals surface area contributed by atoms with Gasteiger partial charge in [-0.1, -0.05) is 0 Å². The van der Waals surface area contributed by atoms with Crippen LogP contribution in [0.15, 0.2) is 18.2 Å². The highest BCUT2D eigenvalue weighted by Crippen LogP contribution is 2.23. The van der Waals surface area contributed by atoms with Crippen LogP contribution < -0.4 is 5.32 Å². The summed E-state index contributed by atoms with van der Waals surface area (Å²) in [4.78, 5) is 14.4. The Morgan fingerprint density at radius 3 is 2.77 bits per heavy atom. The summed E-state index contributed by atoms with van der Waals surface area (Å²) in [5.74, 6) is -1.53. The number of halogens is 2. The van der Waals surface area contributed by atoms with Crippen molar-refractivity contribution in [3.63, 3.8) is 0 Å². The van der Waals surface area contributed by atoms with E-state index in [4.69, 9.17) is 4.74 Å². The van der Waals surface area contributed by atoms with Gasteiger partial charge in [0.05, 0.1) is 19.1 Å². The average Bonchev–Trinajstić information content (AvgIpc) is 2.78. The van der Waals surface area contributed by atoms with Gasteiger partial charge in [0.15, 0.2) is 0 Å². The number of hydrogen-bond donors (Lipinski definition) is 1. The number of hydrogen-bond acceptors (Lipinski definition) is 3. The predicted octanol–water partition coefficient (Wildman–Crippen LogP) is 1.49. The predicted molar refractivity (Wildman–Crippen MR) is 77.4 cm³/mol. The second kappa shape index (κ2) is 6.30. The molecule has 3 atom stereocenters. The highest BCUT2D eigenvalue weighted by Gasteiger charge is 2.36. The molecule has 2 aliphatic heterocycles. The van der Waals surface area contributed by atoms with Crippen LogP contribution in [0.25, 0.3) is 0 Å². The van der Waals surface area contributed by atoms with Gasteiger partial charge in [0.2, 0.25) is 5.91 Å². The minimum Gasteiger partial charge on any atom is -0.376 e. The van der Waals surface area contributed by atoms with Gasteiger partial charge < -0.3 is 10.1 Å². The fourth-order valence-electron chi connectivity index (χ4n) is 3.32. The maximum Gasteiger partial charge on any atom is 0.224 e. The molecule has 2 aliphatic rings. The SMILES string of the molecule is C[C@@H]1CN2C[C@@H](NC(=O)Cc3cc(F)cc(F)c3)C[C@H]2CO1. The molecule has 3 rings (SSSR count). The summed E-state index contributed by atoms with van der Waals surface area (Å²) in [5, 5.41) is 2.96. The van der Waals surface area contributed by atoms with Crippen molar-refractivity contribution in [3.05, 3.63) is 35.4 Å². The van der Waals surface area contributed by atoms with E-state index in [1.54, 1.807) is 0 Å². The fraction of sp³-hybridized carbons (Fsp3) is 0.562. The van der Waals surface area contributed by atoms with Crippen molar-refractivity contribution >= 4 is 5.91 Å². The van der Waals surface area contributed by atoms with Gasteiger partial charge in [0, 0.05) is 31.2 Å². The molecule has 0 aliphatic carbocycles. The Labute approximate surface area is 128 Å². The molecule has 1 amide bonds. The first-order chi connectivity index (χ1) is 10.5. The maximum atomic E-state index is 13.1. The monoisotopic (exact) mass is 310 g/mol. The smallest absolute Gasteiger partial charge is 0.224 e. The number of benzene rings is 1. The molecule has 0 unspecified atom stereocenters. The number of fused-ring (bicyclic) bond motifs is 1. The lowest BCUT2D eigenvalue weighted by molar-refractivity contribution is -0.121. The minimum atomic E-state index is -0.660. The van der Waals surface area contributed by atoms with Gasteiger partial charge in [0.1, 0.15) is 11.6 Å². The third kappa shape index (κ3) is 3.62. The molecule has 0 bridgehead atoms. The summed E-state index contributed by atoms with van der Waals surface area (Å²) < 4.78 is 31.9. The van der Waals surface area contributed by atoms with Crippen molar-refractivity contribution in [2.45, 2.75) is 38.0 Å². The van der Waals surface area contributed by atoms with Crippen LogP contribution in [0, 0.1) is 11.6 Å². The average molecular weight is 310 g/mol. The largest absolute Gasteiger partial charge is 0.376 e. The zero-order valence-corrected chi connectivity index (χ0v) is 12.5. The highest BCUT2D eigenvalue weighted by molar-refractivity contribution is 5.78. The number of rotatable bonds is 3. The van der Waals surface area contributed by atoms with E-state index >= 15 is 0 Å². The van der Waals surface area contributed by atoms with Gasteiger partial charge in [-0.3, -0.25) is 9.69 Å². The summed E-state index contributed by atoms with van der Waals surface area (Å²) in [5.41, 5.74) is 0.350. The fourth-order valence-corrected chi connectivity index (χ4v) is 3.32. The number of carbonyl (C=O) groups is 1. The molecule has 2 saturated heterocycles. The van der Waals surface area contributed by atoms with Crippen LogP contribution >= 0.6 is 0 Å². The summed E-state index contributed by atoms with van der Waals surface area (Å²) >= 11 is 0. The molecule has 4 nitrogen and oxygen atoms in total. The molecule has 1 N–H and O–H groups in total. The van der Waals surface area contributed by atoms with Crippen molar-refractivity contribution in [2.24, 2.45) is 0 Å². The van der Waals surface area contributed by atoms with Crippen molar-refractivity contribution in [2.75, 3.05) is 19.7 Å². The molecule has 0 aromatic heterocycles. The minimum absolute atomic E-state index is 0.0112. The standard InChI is InChI=1S/C16H20F2N2O2/c1-10-7-20-8-14(6-15(20)9-22-10)19-16(21)4-11-2-12(17)5-13(18)3-11/h2-3,5,10,14-15H,4,6-9H2,1H3,(H,19,21)/t10-,14+,15+/m1/s1. The maximum absolute atomic E-state index is 13.1. The number of nitrogens with zero attached hydrogens (tertiary/aromatic N) is 1. The van der Waals surface area contributed by atoms with E-state index in [2.05, 4.69) is 10.2 Å². The van der Waals surface area contributed by atoms with E-state index in [1.165, 1.54) is 12.1 Å². The van der Waals surface area contributed by atoms with Crippen LogP contribution in [0.2, 0.25) is 0 Å². The van der Waals surface area contributed by atoms with E-state index in [0.717, 1.165) is 25.6 Å². The van der Waals surface area contributed by atoms with Crippen molar-refractivity contribution in [3.8, 4) is 0 Å². The number of ether oxygens (including phenoxy) is 1. The Kier molecular flexibility index (Phi) is 4.40. The number of morpholine rings is 1. The van der Waals surface area contributed by atoms with Gasteiger partial charge in [-0.2, -0.15) is 0 Å². The van der Waals surface area contributed by atoms with Crippen molar-refractivity contribution < 1.29 is 18.3 Å². The first-order valence-corrected chi connectivity index (χ1v) is 7.59. The number of carbonyl (C=O) groups excluding carboxylic acids is 1. The molecule has 2 heterocycles. The zero-order chi connectivity index (χ0) is 15.7. The Hall–Kier alpha value is -1.53. The summed E-state index contributed by atoms with van der Waals surface area (Å²) in [6.07, 6.45) is 1.07. The Morgan fingerprint density at radius 2 is 2.05 bits per heavy atom. The molecule has 120 valence electrons. The van der Waals surface area contributed by atoms with Crippen LogP contribution in [0.4, 0.5) is 8.78 Å². The van der Waals surface area contributed by atoms with Crippen LogP contribution in [-0.4, -0.2) is 48.7 Å². The Bertz CT molecular complexity index is 547. The highest BCUT2D eigenvalue weighted by atomic mass is 19.1. The lowest BCUT2D eigenvalue weighted by Gasteiger charge is -2.33. The molecular formula is C16H20F2N2O2. The Morgan fingerprint density at radius 1 is 1.32 bits per heavy atom. The normalized spacial score (nSPS) is 28.4. The van der Waals surface area contributed by atoms with Gasteiger partial charge >= 0.3 is 0 Å². The third-order valence-electron chi connectivity index (χ3n) is 4.24. The molecule has 0 spiro atoms. The molecule has 2 fully saturated rings. The second-order valence-electron chi connectivity index (χ2n) is 6.21. The molecule has 1 aromatic rings. The van der Waals surface area contributed by atoms with Gasteiger partial charge in [-0.15, -0.1) is 0 Å². The second-order valence-corrected chi connectivity index (χ2v) is 6.21. The van der Waals surface area contributed by atoms with E-state index in [1.807, 2.05) is 6.92 Å². The first kappa shape index (κ1) is 15.4. The van der Waals surface area contributed by atoms with Crippen LogP contribution in [0.1, 0.15) is 18.9 Å². The molecule has 0 radical (unpaired) electrons. The van der Waals surface area contributed by atoms with Crippen molar-refractivity contribution in [1.82, 2.24) is 10.2 Å². The van der Waals surface area contributed by atoms with Gasteiger partial charge in [-0.05, 0) is 31.0 Å². The quantitative estimate of drug-likeness (QED) is 0.919. The summed E-state index contributed by atoms with van der Waals surface area (Å²) in [6, 6.07) is 3.61. The first-order valence-electron chi connectivity index (χ1n) is 7.59. The van der Waals surface area contributed by atoms with Gasteiger partial charge in [-0.25, -0.2) is 8.78 Å². The van der Waals surface area contributed by atoms with Crippen LogP contribution in [0.5, 0.6) is 0 Å². The van der Waals surface area contributed by atoms with Crippen molar-refractivity contribution in [1.29, 1.82) is 0 Å². The van der Waals surface area contributed by atoms with E-state index in [9.17, 15) is 13.6 Å². The lowest BCUT2D eigenvalue weighted by Crippen LogP contribution is -2.45. The molecular weight excluding hydrogens is 290 g/mol. The van der Waals surface area contributed by atoms with Crippen LogP contribution in [-0.2, 0) is 16.0 Å². The number of amides is 1. The molecule has 22 heavy (non-hydrogen) atoms. The van der Waals surface area contributed by atoms with E-state index in [-0.39, 0.29) is 24.5 Å². The number of nitrogens with one attached hydrogen (secondary N) is 1. The van der Waals surface area contributed by atoms with E-state index < -0.39 is 11.6 Å². The molecule has 0 saturated carbocycles. The summed E-state index contributed by atoms with van der Waals surface area (Å²) in [7, 11) is 0. The third-order valence-corrected chi connectivity index (χ3v) is 4.24. The zero-order valence-electron chi connectivity index (χ0n) is 12.5. The lowest BCUT2D eigenvalue weighted by atomic mass is 10.1. The van der Waals surface area contributed by atoms with Crippen LogP contribution in [0.3, 0.4) is 0 Å². The Balaban J connectivity index is 1.54. The van der Waals surface area contributed by atoms with Gasteiger partial charge in [0.25, 0.3) is 0 Å². The topological polar surface area (TPSA) is 41.6 Å². The molecule has 6 heteroatoms. The molecule has 1 aromatic carbocycles.